The van der Waals surface area contributed by atoms with E-state index in [-0.39, 0.29) is 0 Å². The molecule has 2 aliphatic heterocycles. The van der Waals surface area contributed by atoms with Crippen LogP contribution in [0.5, 0.6) is 0 Å². The second-order valence-electron chi connectivity index (χ2n) is 3.10. The van der Waals surface area contributed by atoms with E-state index in [2.05, 4.69) is 11.5 Å². The quantitative estimate of drug-likeness (QED) is 0.513. The van der Waals surface area contributed by atoms with Gasteiger partial charge in [-0.05, 0) is 31.9 Å². The zero-order valence-corrected chi connectivity index (χ0v) is 5.71. The third-order valence-electron chi connectivity index (χ3n) is 2.67. The van der Waals surface area contributed by atoms with E-state index in [9.17, 15) is 0 Å². The molecule has 0 spiro atoms. The number of rotatable bonds is 1. The van der Waals surface area contributed by atoms with E-state index in [1.54, 1.807) is 0 Å². The van der Waals surface area contributed by atoms with Crippen LogP contribution in [0.15, 0.2) is 12.8 Å². The lowest BCUT2D eigenvalue weighted by atomic mass is 9.80. The molecule has 1 saturated carbocycles. The minimum atomic E-state index is 0.876. The first-order valence-electron chi connectivity index (χ1n) is 3.82. The zero-order chi connectivity index (χ0) is 6.27. The summed E-state index contributed by atoms with van der Waals surface area (Å²) in [5, 5.41) is 0. The van der Waals surface area contributed by atoms with Gasteiger partial charge in [0.25, 0.3) is 0 Å². The van der Waals surface area contributed by atoms with Crippen molar-refractivity contribution in [2.75, 3.05) is 0 Å². The van der Waals surface area contributed by atoms with Crippen molar-refractivity contribution < 1.29 is 0 Å². The van der Waals surface area contributed by atoms with Gasteiger partial charge in [-0.25, -0.2) is 0 Å². The highest BCUT2D eigenvalue weighted by Gasteiger charge is 2.38. The Labute approximate surface area is 56.4 Å². The van der Waals surface area contributed by atoms with Crippen LogP contribution in [0.3, 0.4) is 0 Å². The van der Waals surface area contributed by atoms with Crippen LogP contribution in [0.1, 0.15) is 25.7 Å². The summed E-state index contributed by atoms with van der Waals surface area (Å²) in [4.78, 5) is 2.42. The normalized spacial score (nSPS) is 39.8. The topological polar surface area (TPSA) is 3.24 Å². The van der Waals surface area contributed by atoms with Gasteiger partial charge in [-0.3, -0.25) is 0 Å². The Bertz CT molecular complexity index is 117. The standard InChI is InChI=1S/C8H13N/c1-2-9-7-4-3-5-8(9)6-7/h2,7-8H,1,3-6H2. The summed E-state index contributed by atoms with van der Waals surface area (Å²) < 4.78 is 0. The van der Waals surface area contributed by atoms with Gasteiger partial charge in [0, 0.05) is 12.1 Å². The number of fused-ring (bicyclic) bond motifs is 2. The summed E-state index contributed by atoms with van der Waals surface area (Å²) in [6.45, 7) is 3.79. The molecule has 0 amide bonds. The molecule has 50 valence electrons. The van der Waals surface area contributed by atoms with Crippen LogP contribution in [0.2, 0.25) is 0 Å². The Morgan fingerprint density at radius 3 is 2.33 bits per heavy atom. The predicted octanol–water partition coefficient (Wildman–Crippen LogP) is 1.76. The number of nitrogens with zero attached hydrogens (tertiary/aromatic N) is 1. The van der Waals surface area contributed by atoms with Gasteiger partial charge in [-0.15, -0.1) is 0 Å². The second-order valence-corrected chi connectivity index (χ2v) is 3.10. The first-order valence-corrected chi connectivity index (χ1v) is 3.82. The smallest absolute Gasteiger partial charge is 0.0306 e. The molecule has 1 nitrogen and oxygen atoms in total. The number of hydrogen-bond acceptors (Lipinski definition) is 1. The highest BCUT2D eigenvalue weighted by atomic mass is 15.2. The molecule has 0 N–H and O–H groups in total. The third-order valence-corrected chi connectivity index (χ3v) is 2.67. The highest BCUT2D eigenvalue weighted by Crippen LogP contribution is 2.37. The molecule has 0 radical (unpaired) electrons. The zero-order valence-electron chi connectivity index (χ0n) is 5.71. The molecule has 2 saturated heterocycles. The molecule has 2 bridgehead atoms. The summed E-state index contributed by atoms with van der Waals surface area (Å²) in [5.41, 5.74) is 0. The average Bonchev–Trinajstić information content (AvgIpc) is 1.90. The molecule has 3 fully saturated rings. The van der Waals surface area contributed by atoms with Crippen molar-refractivity contribution >= 4 is 0 Å². The van der Waals surface area contributed by atoms with Gasteiger partial charge in [-0.2, -0.15) is 0 Å². The van der Waals surface area contributed by atoms with Gasteiger partial charge in [0.15, 0.2) is 0 Å². The molecule has 1 aliphatic carbocycles. The van der Waals surface area contributed by atoms with Crippen molar-refractivity contribution in [3.05, 3.63) is 12.8 Å². The molecule has 2 heterocycles. The first kappa shape index (κ1) is 5.33. The van der Waals surface area contributed by atoms with E-state index in [4.69, 9.17) is 0 Å². The molecule has 0 aromatic heterocycles. The first-order chi connectivity index (χ1) is 4.42. The van der Waals surface area contributed by atoms with Crippen molar-refractivity contribution in [3.8, 4) is 0 Å². The van der Waals surface area contributed by atoms with Crippen molar-refractivity contribution in [2.45, 2.75) is 37.8 Å². The van der Waals surface area contributed by atoms with Crippen LogP contribution in [0.4, 0.5) is 0 Å². The van der Waals surface area contributed by atoms with Crippen LogP contribution in [-0.2, 0) is 0 Å². The summed E-state index contributed by atoms with van der Waals surface area (Å²) in [6.07, 6.45) is 7.70. The minimum Gasteiger partial charge on any atom is -0.372 e. The number of piperidine rings is 1. The van der Waals surface area contributed by atoms with Gasteiger partial charge in [0.2, 0.25) is 0 Å². The van der Waals surface area contributed by atoms with E-state index in [0.717, 1.165) is 12.1 Å². The summed E-state index contributed by atoms with van der Waals surface area (Å²) in [5.74, 6) is 0. The molecule has 3 aliphatic rings. The number of hydrogen-bond donors (Lipinski definition) is 0. The summed E-state index contributed by atoms with van der Waals surface area (Å²) >= 11 is 0. The summed E-state index contributed by atoms with van der Waals surface area (Å²) in [6, 6.07) is 1.75. The van der Waals surface area contributed by atoms with Crippen LogP contribution in [-0.4, -0.2) is 17.0 Å². The molecular weight excluding hydrogens is 110 g/mol. The summed E-state index contributed by atoms with van der Waals surface area (Å²) in [7, 11) is 0. The fourth-order valence-corrected chi connectivity index (χ4v) is 2.14. The van der Waals surface area contributed by atoms with Crippen molar-refractivity contribution in [3.63, 3.8) is 0 Å². The van der Waals surface area contributed by atoms with Crippen molar-refractivity contribution in [1.29, 1.82) is 0 Å². The molecule has 1 heteroatoms. The van der Waals surface area contributed by atoms with Gasteiger partial charge in [0.05, 0.1) is 0 Å². The van der Waals surface area contributed by atoms with E-state index in [1.807, 2.05) is 6.20 Å². The maximum absolute atomic E-state index is 3.79. The molecule has 2 unspecified atom stereocenters. The Morgan fingerprint density at radius 1 is 1.33 bits per heavy atom. The SMILES string of the molecule is C=CN1C2CCCC1C2. The predicted molar refractivity (Wildman–Crippen MR) is 38.1 cm³/mol. The third kappa shape index (κ3) is 0.606. The molecular formula is C8H13N. The van der Waals surface area contributed by atoms with Crippen LogP contribution >= 0.6 is 0 Å². The van der Waals surface area contributed by atoms with Crippen LogP contribution in [0.25, 0.3) is 0 Å². The van der Waals surface area contributed by atoms with Crippen molar-refractivity contribution in [2.24, 2.45) is 0 Å². The van der Waals surface area contributed by atoms with Crippen molar-refractivity contribution in [1.82, 2.24) is 4.90 Å². The van der Waals surface area contributed by atoms with E-state index in [0.29, 0.717) is 0 Å². The lowest BCUT2D eigenvalue weighted by Crippen LogP contribution is -2.55. The lowest BCUT2D eigenvalue weighted by Gasteiger charge is -2.52. The molecule has 2 atom stereocenters. The van der Waals surface area contributed by atoms with Gasteiger partial charge >= 0.3 is 0 Å². The van der Waals surface area contributed by atoms with Crippen LogP contribution < -0.4 is 0 Å². The highest BCUT2D eigenvalue weighted by molar-refractivity contribution is 5.00. The monoisotopic (exact) mass is 123 g/mol. The second kappa shape index (κ2) is 1.76. The molecule has 3 rings (SSSR count). The van der Waals surface area contributed by atoms with Gasteiger partial charge in [-0.1, -0.05) is 6.58 Å². The molecule has 9 heavy (non-hydrogen) atoms. The van der Waals surface area contributed by atoms with E-state index < -0.39 is 0 Å². The van der Waals surface area contributed by atoms with Crippen LogP contribution in [0, 0.1) is 0 Å². The Hall–Kier alpha value is -0.460. The maximum Gasteiger partial charge on any atom is 0.0306 e. The fraction of sp³-hybridized carbons (Fsp3) is 0.750. The van der Waals surface area contributed by atoms with Gasteiger partial charge < -0.3 is 4.90 Å². The van der Waals surface area contributed by atoms with E-state index in [1.165, 1.54) is 25.7 Å². The minimum absolute atomic E-state index is 0.876. The molecule has 0 aromatic carbocycles. The Balaban J connectivity index is 2.04. The van der Waals surface area contributed by atoms with Gasteiger partial charge in [0.1, 0.15) is 0 Å². The molecule has 0 aromatic rings. The fourth-order valence-electron chi connectivity index (χ4n) is 2.14. The lowest BCUT2D eigenvalue weighted by molar-refractivity contribution is 0.0193. The largest absolute Gasteiger partial charge is 0.372 e. The Kier molecular flexibility index (Phi) is 1.04. The van der Waals surface area contributed by atoms with E-state index >= 15 is 0 Å². The Morgan fingerprint density at radius 2 is 2.00 bits per heavy atom. The average molecular weight is 123 g/mol. The maximum atomic E-state index is 3.79.